The second-order valence-electron chi connectivity index (χ2n) is 5.22. The van der Waals surface area contributed by atoms with E-state index in [1.54, 1.807) is 28.9 Å². The van der Waals surface area contributed by atoms with Crippen LogP contribution in [0.5, 0.6) is 5.75 Å². The van der Waals surface area contributed by atoms with E-state index in [1.807, 2.05) is 0 Å². The minimum Gasteiger partial charge on any atom is -0.492 e. The summed E-state index contributed by atoms with van der Waals surface area (Å²) in [7, 11) is -3.26. The molecule has 1 N–H and O–H groups in total. The Morgan fingerprint density at radius 2 is 1.81 bits per heavy atom. The zero-order valence-corrected chi connectivity index (χ0v) is 14.4. The van der Waals surface area contributed by atoms with Gasteiger partial charge in [-0.15, -0.1) is 0 Å². The SMILES string of the molecule is COc1c(F)ccc(F)c1S(=O)(=O)NCc1ccc(-n2cncn2)cc1. The minimum atomic E-state index is -4.33. The summed E-state index contributed by atoms with van der Waals surface area (Å²) in [5.41, 5.74) is 1.36. The Hall–Kier alpha value is -2.85. The molecule has 7 nitrogen and oxygen atoms in total. The van der Waals surface area contributed by atoms with E-state index in [9.17, 15) is 17.2 Å². The average Bonchev–Trinajstić information content (AvgIpc) is 3.16. The van der Waals surface area contributed by atoms with Gasteiger partial charge in [-0.1, -0.05) is 12.1 Å². The standard InChI is InChI=1S/C16H14F2N4O3S/c1-25-15-13(17)6-7-14(18)16(15)26(23,24)21-8-11-2-4-12(5-3-11)22-10-19-9-20-22/h2-7,9-10,21H,8H2,1H3. The molecule has 0 aliphatic rings. The monoisotopic (exact) mass is 380 g/mol. The molecule has 0 amide bonds. The number of halogens is 2. The van der Waals surface area contributed by atoms with E-state index in [4.69, 9.17) is 4.74 Å². The van der Waals surface area contributed by atoms with Gasteiger partial charge in [-0.05, 0) is 29.8 Å². The number of nitrogens with zero attached hydrogens (tertiary/aromatic N) is 3. The molecule has 2 aromatic carbocycles. The van der Waals surface area contributed by atoms with E-state index in [1.165, 1.54) is 12.7 Å². The van der Waals surface area contributed by atoms with Crippen LogP contribution in [0.1, 0.15) is 5.56 Å². The van der Waals surface area contributed by atoms with Gasteiger partial charge < -0.3 is 4.74 Å². The smallest absolute Gasteiger partial charge is 0.247 e. The van der Waals surface area contributed by atoms with Gasteiger partial charge in [-0.3, -0.25) is 0 Å². The molecule has 3 aromatic rings. The van der Waals surface area contributed by atoms with Gasteiger partial charge in [0.05, 0.1) is 12.8 Å². The summed E-state index contributed by atoms with van der Waals surface area (Å²) in [6, 6.07) is 8.34. The highest BCUT2D eigenvalue weighted by molar-refractivity contribution is 7.89. The maximum Gasteiger partial charge on any atom is 0.247 e. The number of hydrogen-bond donors (Lipinski definition) is 1. The maximum absolute atomic E-state index is 14.0. The van der Waals surface area contributed by atoms with Crippen molar-refractivity contribution in [2.75, 3.05) is 7.11 Å². The normalized spacial score (nSPS) is 11.5. The number of aromatic nitrogens is 3. The van der Waals surface area contributed by atoms with Gasteiger partial charge in [0.2, 0.25) is 10.0 Å². The number of hydrogen-bond acceptors (Lipinski definition) is 5. The largest absolute Gasteiger partial charge is 0.492 e. The molecule has 0 radical (unpaired) electrons. The van der Waals surface area contributed by atoms with Crippen molar-refractivity contribution >= 4 is 10.0 Å². The van der Waals surface area contributed by atoms with E-state index < -0.39 is 32.3 Å². The Kier molecular flexibility index (Phi) is 4.96. The van der Waals surface area contributed by atoms with Crippen LogP contribution in [0.25, 0.3) is 5.69 Å². The number of ether oxygens (including phenoxy) is 1. The molecule has 1 aromatic heterocycles. The Morgan fingerprint density at radius 1 is 1.12 bits per heavy atom. The van der Waals surface area contributed by atoms with Gasteiger partial charge in [0.15, 0.2) is 16.5 Å². The number of nitrogens with one attached hydrogen (secondary N) is 1. The van der Waals surface area contributed by atoms with Gasteiger partial charge in [-0.2, -0.15) is 5.10 Å². The third-order valence-electron chi connectivity index (χ3n) is 3.57. The fourth-order valence-electron chi connectivity index (χ4n) is 2.31. The lowest BCUT2D eigenvalue weighted by molar-refractivity contribution is 0.366. The van der Waals surface area contributed by atoms with E-state index in [-0.39, 0.29) is 6.54 Å². The second-order valence-corrected chi connectivity index (χ2v) is 6.93. The van der Waals surface area contributed by atoms with Crippen LogP contribution in [0.15, 0.2) is 53.9 Å². The first kappa shape index (κ1) is 18.0. The minimum absolute atomic E-state index is 0.112. The van der Waals surface area contributed by atoms with Crippen molar-refractivity contribution in [3.8, 4) is 11.4 Å². The van der Waals surface area contributed by atoms with Crippen LogP contribution in [0.4, 0.5) is 8.78 Å². The van der Waals surface area contributed by atoms with E-state index >= 15 is 0 Å². The molecule has 0 spiro atoms. The number of benzene rings is 2. The van der Waals surface area contributed by atoms with Crippen molar-refractivity contribution in [2.24, 2.45) is 0 Å². The number of methoxy groups -OCH3 is 1. The Bertz CT molecular complexity index is 1010. The Balaban J connectivity index is 1.80. The summed E-state index contributed by atoms with van der Waals surface area (Å²) < 4.78 is 60.9. The van der Waals surface area contributed by atoms with Crippen molar-refractivity contribution in [1.82, 2.24) is 19.5 Å². The molecule has 0 bridgehead atoms. The highest BCUT2D eigenvalue weighted by Crippen LogP contribution is 2.29. The Morgan fingerprint density at radius 3 is 2.42 bits per heavy atom. The third-order valence-corrected chi connectivity index (χ3v) is 5.02. The first-order valence-electron chi connectivity index (χ1n) is 7.38. The van der Waals surface area contributed by atoms with Gasteiger partial charge in [0, 0.05) is 6.54 Å². The van der Waals surface area contributed by atoms with E-state index in [0.717, 1.165) is 24.9 Å². The number of rotatable bonds is 6. The lowest BCUT2D eigenvalue weighted by atomic mass is 10.2. The van der Waals surface area contributed by atoms with Gasteiger partial charge in [0.1, 0.15) is 18.5 Å². The Labute approximate surface area is 148 Å². The first-order chi connectivity index (χ1) is 12.4. The molecule has 26 heavy (non-hydrogen) atoms. The summed E-state index contributed by atoms with van der Waals surface area (Å²) >= 11 is 0. The second kappa shape index (κ2) is 7.18. The van der Waals surface area contributed by atoms with Gasteiger partial charge >= 0.3 is 0 Å². The van der Waals surface area contributed by atoms with Crippen LogP contribution in [0, 0.1) is 11.6 Å². The van der Waals surface area contributed by atoms with Crippen LogP contribution in [-0.2, 0) is 16.6 Å². The lowest BCUT2D eigenvalue weighted by Crippen LogP contribution is -2.25. The van der Waals surface area contributed by atoms with Crippen LogP contribution >= 0.6 is 0 Å². The zero-order chi connectivity index (χ0) is 18.7. The molecule has 3 rings (SSSR count). The van der Waals surface area contributed by atoms with Crippen molar-refractivity contribution in [1.29, 1.82) is 0 Å². The molecule has 0 saturated heterocycles. The van der Waals surface area contributed by atoms with Crippen LogP contribution in [0.3, 0.4) is 0 Å². The molecule has 0 aliphatic carbocycles. The van der Waals surface area contributed by atoms with Gasteiger partial charge in [0.25, 0.3) is 0 Å². The van der Waals surface area contributed by atoms with E-state index in [2.05, 4.69) is 14.8 Å². The van der Waals surface area contributed by atoms with Gasteiger partial charge in [-0.25, -0.2) is 31.6 Å². The molecule has 0 saturated carbocycles. The highest BCUT2D eigenvalue weighted by Gasteiger charge is 2.26. The average molecular weight is 380 g/mol. The summed E-state index contributed by atoms with van der Waals surface area (Å²) in [5, 5.41) is 3.98. The summed E-state index contributed by atoms with van der Waals surface area (Å²) in [6.07, 6.45) is 2.92. The van der Waals surface area contributed by atoms with Crippen LogP contribution < -0.4 is 9.46 Å². The van der Waals surface area contributed by atoms with Crippen molar-refractivity contribution in [3.05, 3.63) is 66.3 Å². The quantitative estimate of drug-likeness (QED) is 0.707. The molecule has 0 fully saturated rings. The maximum atomic E-state index is 14.0. The summed E-state index contributed by atoms with van der Waals surface area (Å²) in [6.45, 7) is -0.112. The fourth-order valence-corrected chi connectivity index (χ4v) is 3.56. The molecule has 1 heterocycles. The molecular formula is C16H14F2N4O3S. The molecule has 0 atom stereocenters. The molecule has 10 heteroatoms. The molecule has 136 valence electrons. The van der Waals surface area contributed by atoms with Crippen molar-refractivity contribution in [2.45, 2.75) is 11.4 Å². The predicted molar refractivity (Wildman–Crippen MR) is 88.3 cm³/mol. The van der Waals surface area contributed by atoms with Crippen LogP contribution in [-0.4, -0.2) is 30.3 Å². The third kappa shape index (κ3) is 3.55. The molecule has 0 unspecified atom stereocenters. The number of sulfonamides is 1. The van der Waals surface area contributed by atoms with Crippen molar-refractivity contribution in [3.63, 3.8) is 0 Å². The first-order valence-corrected chi connectivity index (χ1v) is 8.86. The zero-order valence-electron chi connectivity index (χ0n) is 13.6. The topological polar surface area (TPSA) is 86.1 Å². The highest BCUT2D eigenvalue weighted by atomic mass is 32.2. The molecular weight excluding hydrogens is 366 g/mol. The molecule has 0 aliphatic heterocycles. The fraction of sp³-hybridized carbons (Fsp3) is 0.125. The lowest BCUT2D eigenvalue weighted by Gasteiger charge is -2.12. The summed E-state index contributed by atoms with van der Waals surface area (Å²) in [5.74, 6) is -2.73. The predicted octanol–water partition coefficient (Wildman–Crippen LogP) is 2.03. The summed E-state index contributed by atoms with van der Waals surface area (Å²) in [4.78, 5) is 2.98. The van der Waals surface area contributed by atoms with Crippen LogP contribution in [0.2, 0.25) is 0 Å². The van der Waals surface area contributed by atoms with Crippen molar-refractivity contribution < 1.29 is 21.9 Å². The van der Waals surface area contributed by atoms with E-state index in [0.29, 0.717) is 5.56 Å².